The van der Waals surface area contributed by atoms with E-state index in [2.05, 4.69) is 30.6 Å². The van der Waals surface area contributed by atoms with Crippen molar-refractivity contribution in [1.29, 1.82) is 0 Å². The summed E-state index contributed by atoms with van der Waals surface area (Å²) >= 11 is 4.28. The normalized spacial score (nSPS) is 14.8. The Balaban J connectivity index is 2.49. The minimum atomic E-state index is 0.812. The molecule has 1 aliphatic carbocycles. The Morgan fingerprint density at radius 2 is 2.33 bits per heavy atom. The van der Waals surface area contributed by atoms with Crippen molar-refractivity contribution >= 4 is 12.6 Å². The second kappa shape index (κ2) is 3.09. The molecule has 12 heavy (non-hydrogen) atoms. The van der Waals surface area contributed by atoms with Gasteiger partial charge in [-0.2, -0.15) is 12.6 Å². The lowest BCUT2D eigenvalue weighted by Gasteiger charge is -2.05. The number of aromatic nitrogens is 1. The fourth-order valence-electron chi connectivity index (χ4n) is 1.78. The fourth-order valence-corrected chi connectivity index (χ4v) is 2.10. The van der Waals surface area contributed by atoms with Gasteiger partial charge in [-0.25, -0.2) is 0 Å². The van der Waals surface area contributed by atoms with E-state index in [-0.39, 0.29) is 0 Å². The van der Waals surface area contributed by atoms with E-state index in [1.165, 1.54) is 36.1 Å². The molecule has 2 heteroatoms. The molecule has 0 atom stereocenters. The summed E-state index contributed by atoms with van der Waals surface area (Å²) in [5.41, 5.74) is 5.22. The highest BCUT2D eigenvalue weighted by Gasteiger charge is 2.13. The molecule has 1 aromatic rings. The van der Waals surface area contributed by atoms with E-state index < -0.39 is 0 Å². The minimum absolute atomic E-state index is 0.812. The third-order valence-electron chi connectivity index (χ3n) is 2.52. The number of nitrogens with zero attached hydrogens (tertiary/aromatic N) is 1. The first-order chi connectivity index (χ1) is 5.81. The van der Waals surface area contributed by atoms with Gasteiger partial charge in [-0.05, 0) is 37.3 Å². The van der Waals surface area contributed by atoms with E-state index in [0.717, 1.165) is 11.4 Å². The molecule has 64 valence electrons. The maximum Gasteiger partial charge on any atom is 0.0439 e. The molecule has 0 amide bonds. The van der Waals surface area contributed by atoms with Gasteiger partial charge in [0.05, 0.1) is 0 Å². The molecule has 1 aromatic heterocycles. The zero-order valence-corrected chi connectivity index (χ0v) is 8.19. The van der Waals surface area contributed by atoms with Crippen molar-refractivity contribution in [1.82, 2.24) is 4.98 Å². The van der Waals surface area contributed by atoms with Crippen LogP contribution in [-0.4, -0.2) is 4.98 Å². The third kappa shape index (κ3) is 1.24. The summed E-state index contributed by atoms with van der Waals surface area (Å²) in [6.07, 6.45) is 3.66. The summed E-state index contributed by atoms with van der Waals surface area (Å²) in [5.74, 6) is 0.812. The van der Waals surface area contributed by atoms with Crippen LogP contribution in [0.1, 0.15) is 28.9 Å². The lowest BCUT2D eigenvalue weighted by atomic mass is 10.1. The third-order valence-corrected chi connectivity index (χ3v) is 2.86. The fraction of sp³-hybridized carbons (Fsp3) is 0.500. The van der Waals surface area contributed by atoms with Gasteiger partial charge in [0.1, 0.15) is 0 Å². The van der Waals surface area contributed by atoms with E-state index in [1.807, 2.05) is 0 Å². The van der Waals surface area contributed by atoms with Crippen molar-refractivity contribution in [2.24, 2.45) is 0 Å². The number of fused-ring (bicyclic) bond motifs is 1. The zero-order valence-electron chi connectivity index (χ0n) is 7.30. The van der Waals surface area contributed by atoms with E-state index in [0.29, 0.717) is 0 Å². The van der Waals surface area contributed by atoms with Gasteiger partial charge in [0.15, 0.2) is 0 Å². The van der Waals surface area contributed by atoms with E-state index in [9.17, 15) is 0 Å². The number of rotatable bonds is 1. The summed E-state index contributed by atoms with van der Waals surface area (Å²) in [4.78, 5) is 4.58. The Hall–Kier alpha value is -0.500. The van der Waals surface area contributed by atoms with E-state index in [4.69, 9.17) is 0 Å². The minimum Gasteiger partial charge on any atom is -0.258 e. The average Bonchev–Trinajstić information content (AvgIpc) is 2.49. The molecule has 1 aliphatic rings. The standard InChI is InChI=1S/C10H13NS/c1-7-9(6-12)5-8-3-2-4-10(8)11-7/h5,12H,2-4,6H2,1H3. The van der Waals surface area contributed by atoms with Gasteiger partial charge in [0, 0.05) is 17.1 Å². The van der Waals surface area contributed by atoms with Crippen LogP contribution in [0.15, 0.2) is 6.07 Å². The van der Waals surface area contributed by atoms with Crippen LogP contribution in [0.3, 0.4) is 0 Å². The van der Waals surface area contributed by atoms with Gasteiger partial charge in [0.25, 0.3) is 0 Å². The molecule has 0 fully saturated rings. The van der Waals surface area contributed by atoms with Crippen LogP contribution in [0.5, 0.6) is 0 Å². The molecule has 2 rings (SSSR count). The molecule has 0 saturated heterocycles. The first kappa shape index (κ1) is 8.11. The number of pyridine rings is 1. The molecular formula is C10H13NS. The Morgan fingerprint density at radius 1 is 1.50 bits per heavy atom. The second-order valence-corrected chi connectivity index (χ2v) is 3.67. The van der Waals surface area contributed by atoms with Crippen molar-refractivity contribution in [2.75, 3.05) is 0 Å². The van der Waals surface area contributed by atoms with Crippen molar-refractivity contribution in [3.8, 4) is 0 Å². The zero-order chi connectivity index (χ0) is 8.55. The topological polar surface area (TPSA) is 12.9 Å². The molecular weight excluding hydrogens is 166 g/mol. The maximum atomic E-state index is 4.58. The molecule has 0 spiro atoms. The smallest absolute Gasteiger partial charge is 0.0439 e. The second-order valence-electron chi connectivity index (χ2n) is 3.35. The molecule has 0 aliphatic heterocycles. The Morgan fingerprint density at radius 3 is 3.08 bits per heavy atom. The van der Waals surface area contributed by atoms with Gasteiger partial charge in [-0.15, -0.1) is 0 Å². The first-order valence-corrected chi connectivity index (χ1v) is 5.03. The molecule has 0 radical (unpaired) electrons. The van der Waals surface area contributed by atoms with Gasteiger partial charge < -0.3 is 0 Å². The molecule has 1 heterocycles. The lowest BCUT2D eigenvalue weighted by Crippen LogP contribution is -1.96. The predicted octanol–water partition coefficient (Wildman–Crippen LogP) is 2.31. The predicted molar refractivity (Wildman–Crippen MR) is 53.7 cm³/mol. The molecule has 0 saturated carbocycles. The number of hydrogen-bond donors (Lipinski definition) is 1. The van der Waals surface area contributed by atoms with E-state index >= 15 is 0 Å². The van der Waals surface area contributed by atoms with E-state index in [1.54, 1.807) is 0 Å². The summed E-state index contributed by atoms with van der Waals surface area (Å²) in [5, 5.41) is 0. The molecule has 0 aromatic carbocycles. The van der Waals surface area contributed by atoms with Crippen LogP contribution < -0.4 is 0 Å². The van der Waals surface area contributed by atoms with Crippen molar-refractivity contribution in [3.05, 3.63) is 28.6 Å². The highest BCUT2D eigenvalue weighted by molar-refractivity contribution is 7.79. The van der Waals surface area contributed by atoms with Crippen LogP contribution in [-0.2, 0) is 18.6 Å². The average molecular weight is 179 g/mol. The molecule has 0 bridgehead atoms. The number of aryl methyl sites for hydroxylation is 3. The molecule has 0 N–H and O–H groups in total. The number of thiol groups is 1. The van der Waals surface area contributed by atoms with Crippen LogP contribution in [0.25, 0.3) is 0 Å². The molecule has 1 nitrogen and oxygen atoms in total. The van der Waals surface area contributed by atoms with Crippen LogP contribution in [0.4, 0.5) is 0 Å². The molecule has 0 unspecified atom stereocenters. The van der Waals surface area contributed by atoms with Crippen LogP contribution in [0.2, 0.25) is 0 Å². The highest BCUT2D eigenvalue weighted by Crippen LogP contribution is 2.23. The first-order valence-electron chi connectivity index (χ1n) is 4.40. The quantitative estimate of drug-likeness (QED) is 0.653. The highest BCUT2D eigenvalue weighted by atomic mass is 32.1. The summed E-state index contributed by atoms with van der Waals surface area (Å²) < 4.78 is 0. The summed E-state index contributed by atoms with van der Waals surface area (Å²) in [7, 11) is 0. The Kier molecular flexibility index (Phi) is 2.09. The van der Waals surface area contributed by atoms with Crippen LogP contribution in [0, 0.1) is 6.92 Å². The Labute approximate surface area is 78.6 Å². The summed E-state index contributed by atoms with van der Waals surface area (Å²) in [6, 6.07) is 2.28. The van der Waals surface area contributed by atoms with Gasteiger partial charge in [-0.3, -0.25) is 4.98 Å². The maximum absolute atomic E-state index is 4.58. The van der Waals surface area contributed by atoms with Crippen molar-refractivity contribution in [3.63, 3.8) is 0 Å². The lowest BCUT2D eigenvalue weighted by molar-refractivity contribution is 0.896. The van der Waals surface area contributed by atoms with Gasteiger partial charge in [0.2, 0.25) is 0 Å². The van der Waals surface area contributed by atoms with Crippen molar-refractivity contribution in [2.45, 2.75) is 31.9 Å². The van der Waals surface area contributed by atoms with Crippen molar-refractivity contribution < 1.29 is 0 Å². The summed E-state index contributed by atoms with van der Waals surface area (Å²) in [6.45, 7) is 2.07. The number of hydrogen-bond acceptors (Lipinski definition) is 2. The van der Waals surface area contributed by atoms with Gasteiger partial charge in [-0.1, -0.05) is 6.07 Å². The monoisotopic (exact) mass is 179 g/mol. The SMILES string of the molecule is Cc1nc2c(cc1CS)CCC2. The van der Waals surface area contributed by atoms with Crippen LogP contribution >= 0.6 is 12.6 Å². The van der Waals surface area contributed by atoms with Gasteiger partial charge >= 0.3 is 0 Å². The largest absolute Gasteiger partial charge is 0.258 e. The Bertz CT molecular complexity index is 306.